The number of benzene rings is 4. The number of rotatable bonds is 18. The molecular formula is C63H85N9O16. The number of carbonyl (C=O) groups is 7. The Labute approximate surface area is 511 Å². The standard InChI is InChI=1S/C63H85N9O16/c1-8-9-10-29-88-45-25-21-40(22-26-45)38-13-11-37(12-14-38)39-15-17-42(18-16-39)57(81)65-46-31-48(77)56(64-27-28-72(5,6)7)69-61(85)52-53(78)34(2)32-71(52)63(87)50(36(4)74)67-60(84)51(55(80)54(79)41-19-23-43(75)24-20-41)68-59(83)47-30-44(76)33-70(47)62(86)49(35(3)73)66-58(46)82/h11-26,34-36,44,46-56,64,73-74,76-80H,8-10,27-33H2,1-7H3,(H5-,65,66,67,68,69,75,81,82,83,84,85)/t34-,35+,36+,44+,46+,47?,48+,49?,50?,51?,52?,53-,54-,55-,56?/m0/s1. The maximum absolute atomic E-state index is 14.8. The molecule has 7 rings (SSSR count). The number of aliphatic hydroxyl groups is 7. The van der Waals surface area contributed by atoms with Crippen molar-refractivity contribution in [2.75, 3.05) is 53.9 Å². The molecule has 13 N–H and O–H groups in total. The Morgan fingerprint density at radius 2 is 1.20 bits per heavy atom. The predicted octanol–water partition coefficient (Wildman–Crippen LogP) is -1.26. The Bertz CT molecular complexity index is 3040. The molecule has 7 amide bonds. The third-order valence-electron chi connectivity index (χ3n) is 16.2. The van der Waals surface area contributed by atoms with E-state index in [1.165, 1.54) is 19.1 Å². The van der Waals surface area contributed by atoms with E-state index >= 15 is 0 Å². The summed E-state index contributed by atoms with van der Waals surface area (Å²) in [5.74, 6) is -8.36. The molecule has 4 aromatic carbocycles. The van der Waals surface area contributed by atoms with Gasteiger partial charge in [0.15, 0.2) is 0 Å². The minimum Gasteiger partial charge on any atom is -0.872 e. The summed E-state index contributed by atoms with van der Waals surface area (Å²) in [4.78, 5) is 104. The molecule has 6 unspecified atom stereocenters. The van der Waals surface area contributed by atoms with Crippen molar-refractivity contribution in [2.24, 2.45) is 5.92 Å². The molecule has 3 saturated heterocycles. The molecule has 0 aromatic heterocycles. The SMILES string of the molecule is CCCCCOc1ccc(-c2ccc(-c3ccc(C(=O)N[C@@H]4C[C@@H](O)C(NCC[N+](C)(C)C)NC(=O)C5[C@@H](O)[C@@H](C)CN5C(=O)C([C@@H](C)O)NC(=O)C([C@H](O)[C@@H](O)c5ccc([O-])cc5)NC(=O)C5C[C@@H](O)CN5C(=O)C([C@@H](C)O)NC4=O)cc3)cc2)cc1. The number of nitrogens with one attached hydrogen (secondary N) is 6. The Hall–Kier alpha value is -7.59. The summed E-state index contributed by atoms with van der Waals surface area (Å²) in [6.45, 7) is 6.20. The summed E-state index contributed by atoms with van der Waals surface area (Å²) < 4.78 is 6.26. The molecule has 4 aromatic rings. The fourth-order valence-electron chi connectivity index (χ4n) is 11.0. The van der Waals surface area contributed by atoms with Crippen molar-refractivity contribution in [1.29, 1.82) is 0 Å². The second-order valence-electron chi connectivity index (χ2n) is 24.3. The lowest BCUT2D eigenvalue weighted by Gasteiger charge is -2.34. The number of amides is 7. The van der Waals surface area contributed by atoms with Gasteiger partial charge in [-0.05, 0) is 72.4 Å². The minimum atomic E-state index is -2.30. The van der Waals surface area contributed by atoms with Crippen molar-refractivity contribution in [3.63, 3.8) is 0 Å². The van der Waals surface area contributed by atoms with Crippen LogP contribution in [0, 0.1) is 5.92 Å². The van der Waals surface area contributed by atoms with Crippen LogP contribution in [0.3, 0.4) is 0 Å². The molecule has 15 atom stereocenters. The van der Waals surface area contributed by atoms with Crippen LogP contribution >= 0.6 is 0 Å². The van der Waals surface area contributed by atoms with E-state index in [9.17, 15) is 74.4 Å². The predicted molar refractivity (Wildman–Crippen MR) is 320 cm³/mol. The molecule has 0 aliphatic carbocycles. The smallest absolute Gasteiger partial charge is 0.251 e. The van der Waals surface area contributed by atoms with Gasteiger partial charge in [0.05, 0.1) is 64.8 Å². The number of unbranched alkanes of at least 4 members (excludes halogenated alkanes) is 2. The molecule has 0 radical (unpaired) electrons. The number of hydrogen-bond acceptors (Lipinski definition) is 17. The van der Waals surface area contributed by atoms with Crippen LogP contribution in [0.1, 0.15) is 81.8 Å². The summed E-state index contributed by atoms with van der Waals surface area (Å²) in [7, 11) is 5.64. The molecule has 0 spiro atoms. The first-order valence-corrected chi connectivity index (χ1v) is 29.8. The summed E-state index contributed by atoms with van der Waals surface area (Å²) in [6, 6.07) is 15.1. The van der Waals surface area contributed by atoms with Crippen LogP contribution in [-0.2, 0) is 28.8 Å². The monoisotopic (exact) mass is 1220 g/mol. The van der Waals surface area contributed by atoms with E-state index in [1.807, 2.05) is 69.7 Å². The molecule has 478 valence electrons. The highest BCUT2D eigenvalue weighted by atomic mass is 16.5. The van der Waals surface area contributed by atoms with Crippen molar-refractivity contribution in [3.05, 3.63) is 108 Å². The Kier molecular flexibility index (Phi) is 23.2. The lowest BCUT2D eigenvalue weighted by molar-refractivity contribution is -0.869. The number of carbonyl (C=O) groups excluding carboxylic acids is 7. The first kappa shape index (κ1) is 67.9. The van der Waals surface area contributed by atoms with E-state index in [2.05, 4.69) is 38.8 Å². The summed E-state index contributed by atoms with van der Waals surface area (Å²) in [5, 5.41) is 108. The van der Waals surface area contributed by atoms with Gasteiger partial charge in [-0.1, -0.05) is 99.5 Å². The molecule has 0 bridgehead atoms. The molecule has 25 nitrogen and oxygen atoms in total. The van der Waals surface area contributed by atoms with E-state index in [1.54, 1.807) is 12.1 Å². The zero-order valence-electron chi connectivity index (χ0n) is 50.6. The maximum Gasteiger partial charge on any atom is 0.251 e. The van der Waals surface area contributed by atoms with Crippen molar-refractivity contribution < 1.29 is 83.6 Å². The quantitative estimate of drug-likeness (QED) is 0.0409. The lowest BCUT2D eigenvalue weighted by Crippen LogP contribution is -2.64. The van der Waals surface area contributed by atoms with Crippen LogP contribution in [0.2, 0.25) is 0 Å². The molecular weight excluding hydrogens is 1140 g/mol. The maximum atomic E-state index is 14.8. The van der Waals surface area contributed by atoms with Crippen molar-refractivity contribution >= 4 is 41.4 Å². The van der Waals surface area contributed by atoms with Gasteiger partial charge in [0.25, 0.3) is 5.91 Å². The van der Waals surface area contributed by atoms with Crippen molar-refractivity contribution in [3.8, 4) is 33.8 Å². The number of hydrogen-bond donors (Lipinski definition) is 13. The lowest BCUT2D eigenvalue weighted by atomic mass is 9.96. The normalized spacial score (nSPS) is 26.7. The third-order valence-corrected chi connectivity index (χ3v) is 16.2. The summed E-state index contributed by atoms with van der Waals surface area (Å²) >= 11 is 0. The average Bonchev–Trinajstić information content (AvgIpc) is 2.08. The summed E-state index contributed by atoms with van der Waals surface area (Å²) in [5.41, 5.74) is 3.47. The number of ether oxygens (including phenoxy) is 1. The fraction of sp³-hybridized carbons (Fsp3) is 0.508. The topological polar surface area (TPSA) is 372 Å². The molecule has 88 heavy (non-hydrogen) atoms. The van der Waals surface area contributed by atoms with Gasteiger partial charge in [-0.3, -0.25) is 38.9 Å². The van der Waals surface area contributed by atoms with Crippen LogP contribution in [0.4, 0.5) is 0 Å². The van der Waals surface area contributed by atoms with E-state index in [0.29, 0.717) is 17.6 Å². The van der Waals surface area contributed by atoms with Gasteiger partial charge in [-0.25, -0.2) is 0 Å². The zero-order valence-corrected chi connectivity index (χ0v) is 50.6. The van der Waals surface area contributed by atoms with E-state index in [-0.39, 0.29) is 24.2 Å². The Balaban J connectivity index is 1.23. The zero-order chi connectivity index (χ0) is 64.3. The van der Waals surface area contributed by atoms with Gasteiger partial charge in [-0.2, -0.15) is 0 Å². The van der Waals surface area contributed by atoms with Gasteiger partial charge in [-0.15, -0.1) is 5.75 Å². The fourth-order valence-corrected chi connectivity index (χ4v) is 11.0. The molecule has 3 fully saturated rings. The van der Waals surface area contributed by atoms with Crippen LogP contribution < -0.4 is 41.7 Å². The van der Waals surface area contributed by atoms with Crippen molar-refractivity contribution in [1.82, 2.24) is 41.7 Å². The molecule has 3 aliphatic rings. The average molecular weight is 1220 g/mol. The van der Waals surface area contributed by atoms with E-state index in [0.717, 1.165) is 95.2 Å². The van der Waals surface area contributed by atoms with Gasteiger partial charge in [0, 0.05) is 44.0 Å². The van der Waals surface area contributed by atoms with Crippen LogP contribution in [0.15, 0.2) is 97.1 Å². The van der Waals surface area contributed by atoms with E-state index in [4.69, 9.17) is 4.74 Å². The van der Waals surface area contributed by atoms with Gasteiger partial charge in [0.2, 0.25) is 35.4 Å². The summed E-state index contributed by atoms with van der Waals surface area (Å²) in [6.07, 6.45) is -12.2. The number of nitrogens with zero attached hydrogens (tertiary/aromatic N) is 3. The minimum absolute atomic E-state index is 0.0601. The highest BCUT2D eigenvalue weighted by Crippen LogP contribution is 2.30. The number of fused-ring (bicyclic) bond motifs is 2. The molecule has 3 heterocycles. The van der Waals surface area contributed by atoms with Crippen LogP contribution in [0.25, 0.3) is 22.3 Å². The highest BCUT2D eigenvalue weighted by molar-refractivity contribution is 6.00. The van der Waals surface area contributed by atoms with Gasteiger partial charge < -0.3 is 86.5 Å². The van der Waals surface area contributed by atoms with Gasteiger partial charge >= 0.3 is 0 Å². The van der Waals surface area contributed by atoms with Crippen LogP contribution in [-0.4, -0.2) is 224 Å². The van der Waals surface area contributed by atoms with Crippen LogP contribution in [0.5, 0.6) is 11.5 Å². The van der Waals surface area contributed by atoms with Gasteiger partial charge in [0.1, 0.15) is 60.4 Å². The first-order valence-electron chi connectivity index (χ1n) is 29.8. The third kappa shape index (κ3) is 17.2. The number of aliphatic hydroxyl groups excluding tert-OH is 7. The first-order chi connectivity index (χ1) is 41.6. The number of likely N-dealkylation sites (N-methyl/N-ethyl adjacent to an activating group) is 1. The molecule has 3 aliphatic heterocycles. The van der Waals surface area contributed by atoms with E-state index < -0.39 is 158 Å². The molecule has 0 saturated carbocycles. The highest BCUT2D eigenvalue weighted by Gasteiger charge is 2.50. The number of quaternary nitrogens is 1. The second kappa shape index (κ2) is 30.1. The Morgan fingerprint density at radius 3 is 1.76 bits per heavy atom. The Morgan fingerprint density at radius 1 is 0.670 bits per heavy atom. The molecule has 25 heteroatoms. The van der Waals surface area contributed by atoms with Crippen molar-refractivity contribution in [2.45, 2.75) is 145 Å². The largest absolute Gasteiger partial charge is 0.872 e. The second-order valence-corrected chi connectivity index (χ2v) is 24.3.